The number of nitrogens with two attached hydrogens (primary N) is 1. The Balaban J connectivity index is 2.33. The van der Waals surface area contributed by atoms with Crippen LogP contribution in [-0.4, -0.2) is 5.78 Å². The summed E-state index contributed by atoms with van der Waals surface area (Å²) >= 11 is 5.78. The first kappa shape index (κ1) is 11.8. The van der Waals surface area contributed by atoms with Crippen molar-refractivity contribution in [2.24, 2.45) is 5.73 Å². The SMILES string of the molecule is NCc1cccc(C(=O)c2ccc(Cl)cc2)c1. The zero-order chi connectivity index (χ0) is 12.3. The van der Waals surface area contributed by atoms with Gasteiger partial charge in [-0.2, -0.15) is 0 Å². The number of ketones is 1. The van der Waals surface area contributed by atoms with Crippen molar-refractivity contribution < 1.29 is 4.79 Å². The summed E-state index contributed by atoms with van der Waals surface area (Å²) in [5.74, 6) is -0.0167. The second-order valence-corrected chi connectivity index (χ2v) is 4.18. The van der Waals surface area contributed by atoms with Gasteiger partial charge < -0.3 is 5.73 Å². The highest BCUT2D eigenvalue weighted by Gasteiger charge is 2.08. The molecule has 0 unspecified atom stereocenters. The maximum atomic E-state index is 12.1. The molecule has 2 aromatic carbocycles. The summed E-state index contributed by atoms with van der Waals surface area (Å²) in [6.45, 7) is 0.432. The molecule has 17 heavy (non-hydrogen) atoms. The summed E-state index contributed by atoms with van der Waals surface area (Å²) in [6, 6.07) is 14.2. The Labute approximate surface area is 105 Å². The van der Waals surface area contributed by atoms with Crippen molar-refractivity contribution in [1.29, 1.82) is 0 Å². The Kier molecular flexibility index (Phi) is 3.57. The minimum atomic E-state index is -0.0167. The molecule has 2 nitrogen and oxygen atoms in total. The second kappa shape index (κ2) is 5.13. The first-order chi connectivity index (χ1) is 8.20. The molecule has 3 heteroatoms. The smallest absolute Gasteiger partial charge is 0.193 e. The largest absolute Gasteiger partial charge is 0.326 e. The Hall–Kier alpha value is -1.64. The van der Waals surface area contributed by atoms with E-state index < -0.39 is 0 Å². The van der Waals surface area contributed by atoms with Crippen LogP contribution in [0.2, 0.25) is 5.02 Å². The van der Waals surface area contributed by atoms with Gasteiger partial charge in [-0.05, 0) is 35.9 Å². The van der Waals surface area contributed by atoms with Gasteiger partial charge in [-0.1, -0.05) is 29.8 Å². The summed E-state index contributed by atoms with van der Waals surface area (Å²) in [7, 11) is 0. The predicted molar refractivity (Wildman–Crippen MR) is 69.2 cm³/mol. The lowest BCUT2D eigenvalue weighted by Crippen LogP contribution is -2.03. The standard InChI is InChI=1S/C14H12ClNO/c15-13-6-4-11(5-7-13)14(17)12-3-1-2-10(8-12)9-16/h1-8H,9,16H2. The summed E-state index contributed by atoms with van der Waals surface area (Å²) in [6.07, 6.45) is 0. The Bertz CT molecular complexity index is 534. The fourth-order valence-electron chi connectivity index (χ4n) is 1.61. The number of halogens is 1. The molecule has 2 rings (SSSR count). The Morgan fingerprint density at radius 2 is 1.76 bits per heavy atom. The number of hydrogen-bond donors (Lipinski definition) is 1. The van der Waals surface area contributed by atoms with E-state index in [1.807, 2.05) is 18.2 Å². The molecule has 0 fully saturated rings. The van der Waals surface area contributed by atoms with Gasteiger partial charge in [0, 0.05) is 22.7 Å². The number of benzene rings is 2. The molecule has 0 aromatic heterocycles. The van der Waals surface area contributed by atoms with E-state index in [9.17, 15) is 4.79 Å². The second-order valence-electron chi connectivity index (χ2n) is 3.74. The molecule has 0 aliphatic heterocycles. The Morgan fingerprint density at radius 3 is 2.41 bits per heavy atom. The first-order valence-corrected chi connectivity index (χ1v) is 5.68. The number of carbonyl (C=O) groups is 1. The van der Waals surface area contributed by atoms with Crippen molar-refractivity contribution in [3.63, 3.8) is 0 Å². The van der Waals surface area contributed by atoms with Gasteiger partial charge in [-0.3, -0.25) is 4.79 Å². The molecule has 0 amide bonds. The van der Waals surface area contributed by atoms with E-state index in [0.29, 0.717) is 22.7 Å². The van der Waals surface area contributed by atoms with Gasteiger partial charge in [-0.15, -0.1) is 0 Å². The van der Waals surface area contributed by atoms with Crippen LogP contribution < -0.4 is 5.73 Å². The van der Waals surface area contributed by atoms with Gasteiger partial charge in [0.25, 0.3) is 0 Å². The van der Waals surface area contributed by atoms with Crippen molar-refractivity contribution in [1.82, 2.24) is 0 Å². The molecule has 0 heterocycles. The molecule has 2 aromatic rings. The van der Waals surface area contributed by atoms with Crippen molar-refractivity contribution >= 4 is 17.4 Å². The molecule has 0 aliphatic rings. The van der Waals surface area contributed by atoms with Crippen LogP contribution >= 0.6 is 11.6 Å². The van der Waals surface area contributed by atoms with E-state index in [-0.39, 0.29) is 5.78 Å². The molecule has 86 valence electrons. The van der Waals surface area contributed by atoms with Gasteiger partial charge in [0.05, 0.1) is 0 Å². The average Bonchev–Trinajstić information content (AvgIpc) is 2.39. The highest BCUT2D eigenvalue weighted by molar-refractivity contribution is 6.30. The van der Waals surface area contributed by atoms with Crippen LogP contribution in [0.4, 0.5) is 0 Å². The molecule has 2 N–H and O–H groups in total. The van der Waals surface area contributed by atoms with Crippen molar-refractivity contribution in [2.75, 3.05) is 0 Å². The summed E-state index contributed by atoms with van der Waals surface area (Å²) < 4.78 is 0. The summed E-state index contributed by atoms with van der Waals surface area (Å²) in [4.78, 5) is 12.1. The molecular weight excluding hydrogens is 234 g/mol. The van der Waals surface area contributed by atoms with Crippen LogP contribution in [0.3, 0.4) is 0 Å². The normalized spacial score (nSPS) is 10.2. The third-order valence-electron chi connectivity index (χ3n) is 2.53. The quantitative estimate of drug-likeness (QED) is 0.845. The predicted octanol–water partition coefficient (Wildman–Crippen LogP) is 3.03. The zero-order valence-electron chi connectivity index (χ0n) is 9.19. The van der Waals surface area contributed by atoms with Crippen molar-refractivity contribution in [2.45, 2.75) is 6.54 Å². The van der Waals surface area contributed by atoms with Crippen LogP contribution in [0.15, 0.2) is 48.5 Å². The molecule has 0 atom stereocenters. The van der Waals surface area contributed by atoms with E-state index in [0.717, 1.165) is 5.56 Å². The third kappa shape index (κ3) is 2.73. The highest BCUT2D eigenvalue weighted by atomic mass is 35.5. The highest BCUT2D eigenvalue weighted by Crippen LogP contribution is 2.14. The van der Waals surface area contributed by atoms with E-state index >= 15 is 0 Å². The van der Waals surface area contributed by atoms with Crippen LogP contribution in [0.1, 0.15) is 21.5 Å². The van der Waals surface area contributed by atoms with E-state index in [1.54, 1.807) is 30.3 Å². The first-order valence-electron chi connectivity index (χ1n) is 5.30. The molecule has 0 saturated heterocycles. The minimum Gasteiger partial charge on any atom is -0.326 e. The minimum absolute atomic E-state index is 0.0167. The van der Waals surface area contributed by atoms with Gasteiger partial charge in [0.1, 0.15) is 0 Å². The monoisotopic (exact) mass is 245 g/mol. The lowest BCUT2D eigenvalue weighted by molar-refractivity contribution is 0.103. The number of rotatable bonds is 3. The van der Waals surface area contributed by atoms with Crippen LogP contribution in [0.5, 0.6) is 0 Å². The van der Waals surface area contributed by atoms with E-state index in [1.165, 1.54) is 0 Å². The fourth-order valence-corrected chi connectivity index (χ4v) is 1.73. The van der Waals surface area contributed by atoms with Crippen LogP contribution in [0, 0.1) is 0 Å². The molecule has 0 spiro atoms. The van der Waals surface area contributed by atoms with Crippen molar-refractivity contribution in [3.05, 3.63) is 70.2 Å². The Morgan fingerprint density at radius 1 is 1.06 bits per heavy atom. The molecule has 0 radical (unpaired) electrons. The van der Waals surface area contributed by atoms with E-state index in [4.69, 9.17) is 17.3 Å². The zero-order valence-corrected chi connectivity index (χ0v) is 9.95. The molecule has 0 aliphatic carbocycles. The summed E-state index contributed by atoms with van der Waals surface area (Å²) in [5, 5.41) is 0.622. The number of carbonyl (C=O) groups excluding carboxylic acids is 1. The maximum Gasteiger partial charge on any atom is 0.193 e. The van der Waals surface area contributed by atoms with E-state index in [2.05, 4.69) is 0 Å². The molecular formula is C14H12ClNO. The van der Waals surface area contributed by atoms with Crippen LogP contribution in [0.25, 0.3) is 0 Å². The lowest BCUT2D eigenvalue weighted by Gasteiger charge is -2.03. The van der Waals surface area contributed by atoms with Crippen LogP contribution in [-0.2, 0) is 6.54 Å². The number of hydrogen-bond acceptors (Lipinski definition) is 2. The van der Waals surface area contributed by atoms with Gasteiger partial charge in [0.2, 0.25) is 0 Å². The maximum absolute atomic E-state index is 12.1. The van der Waals surface area contributed by atoms with Gasteiger partial charge in [0.15, 0.2) is 5.78 Å². The summed E-state index contributed by atoms with van der Waals surface area (Å²) in [5.41, 5.74) is 7.77. The van der Waals surface area contributed by atoms with Gasteiger partial charge in [-0.25, -0.2) is 0 Å². The molecule has 0 bridgehead atoms. The van der Waals surface area contributed by atoms with Crippen molar-refractivity contribution in [3.8, 4) is 0 Å². The topological polar surface area (TPSA) is 43.1 Å². The average molecular weight is 246 g/mol. The fraction of sp³-hybridized carbons (Fsp3) is 0.0714. The molecule has 0 saturated carbocycles. The van der Waals surface area contributed by atoms with Gasteiger partial charge >= 0.3 is 0 Å². The third-order valence-corrected chi connectivity index (χ3v) is 2.78. The lowest BCUT2D eigenvalue weighted by atomic mass is 10.0.